The van der Waals surface area contributed by atoms with Gasteiger partial charge >= 0.3 is 5.97 Å². The molecule has 2 heterocycles. The zero-order valence-electron chi connectivity index (χ0n) is 15.5. The van der Waals surface area contributed by atoms with Crippen molar-refractivity contribution in [2.45, 2.75) is 0 Å². The number of rotatable bonds is 5. The van der Waals surface area contributed by atoms with Crippen LogP contribution >= 0.6 is 0 Å². The standard InChI is InChI=1S/C21H19N5O2/c1-25(2)17-6-3-5-15(13-17)18-7-4-8-19-23-21(24-26(18)19)22-16-11-9-14(10-12-16)20(27)28/h3-13H,1-2H3,(H,22,24)(H,27,28). The molecular weight excluding hydrogens is 354 g/mol. The molecule has 0 fully saturated rings. The summed E-state index contributed by atoms with van der Waals surface area (Å²) in [5.41, 5.74) is 4.75. The normalized spacial score (nSPS) is 10.8. The van der Waals surface area contributed by atoms with Crippen LogP contribution in [0.2, 0.25) is 0 Å². The van der Waals surface area contributed by atoms with E-state index in [4.69, 9.17) is 5.11 Å². The number of hydrogen-bond acceptors (Lipinski definition) is 5. The number of benzene rings is 2. The van der Waals surface area contributed by atoms with Crippen molar-refractivity contribution in [3.8, 4) is 11.3 Å². The van der Waals surface area contributed by atoms with Crippen LogP contribution in [0.25, 0.3) is 16.9 Å². The van der Waals surface area contributed by atoms with Gasteiger partial charge in [-0.3, -0.25) is 0 Å². The number of aromatic nitrogens is 3. The van der Waals surface area contributed by atoms with E-state index in [1.807, 2.05) is 44.4 Å². The fourth-order valence-electron chi connectivity index (χ4n) is 2.95. The van der Waals surface area contributed by atoms with Crippen LogP contribution in [0, 0.1) is 0 Å². The molecule has 2 aromatic carbocycles. The van der Waals surface area contributed by atoms with E-state index in [1.165, 1.54) is 0 Å². The van der Waals surface area contributed by atoms with Gasteiger partial charge in [-0.1, -0.05) is 18.2 Å². The van der Waals surface area contributed by atoms with E-state index in [0.29, 0.717) is 5.95 Å². The van der Waals surface area contributed by atoms with Gasteiger partial charge in [-0.15, -0.1) is 5.10 Å². The molecule has 0 spiro atoms. The Balaban J connectivity index is 1.69. The van der Waals surface area contributed by atoms with Gasteiger partial charge < -0.3 is 15.3 Å². The molecular formula is C21H19N5O2. The number of carboxylic acid groups (broad SMARTS) is 1. The first kappa shape index (κ1) is 17.5. The summed E-state index contributed by atoms with van der Waals surface area (Å²) in [5.74, 6) is -0.513. The second kappa shape index (κ2) is 7.03. The van der Waals surface area contributed by atoms with Crippen molar-refractivity contribution in [3.05, 3.63) is 72.3 Å². The number of carboxylic acids is 1. The minimum atomic E-state index is -0.956. The molecule has 4 rings (SSSR count). The topological polar surface area (TPSA) is 82.8 Å². The van der Waals surface area contributed by atoms with Crippen LogP contribution in [-0.2, 0) is 0 Å². The predicted molar refractivity (Wildman–Crippen MR) is 109 cm³/mol. The van der Waals surface area contributed by atoms with E-state index in [1.54, 1.807) is 28.8 Å². The molecule has 0 aliphatic rings. The van der Waals surface area contributed by atoms with E-state index in [9.17, 15) is 4.79 Å². The van der Waals surface area contributed by atoms with Crippen molar-refractivity contribution in [2.75, 3.05) is 24.3 Å². The Bertz CT molecular complexity index is 1150. The van der Waals surface area contributed by atoms with Gasteiger partial charge in [0.2, 0.25) is 5.95 Å². The lowest BCUT2D eigenvalue weighted by Crippen LogP contribution is -2.08. The third kappa shape index (κ3) is 3.37. The van der Waals surface area contributed by atoms with Crippen LogP contribution in [0.15, 0.2) is 66.7 Å². The Morgan fingerprint density at radius 2 is 1.79 bits per heavy atom. The van der Waals surface area contributed by atoms with Crippen LogP contribution in [0.5, 0.6) is 0 Å². The summed E-state index contributed by atoms with van der Waals surface area (Å²) in [7, 11) is 4.01. The lowest BCUT2D eigenvalue weighted by molar-refractivity contribution is 0.0697. The molecule has 0 saturated heterocycles. The molecule has 0 unspecified atom stereocenters. The van der Waals surface area contributed by atoms with Crippen LogP contribution in [-0.4, -0.2) is 39.8 Å². The average Bonchev–Trinajstić information content (AvgIpc) is 3.10. The Morgan fingerprint density at radius 3 is 2.50 bits per heavy atom. The van der Waals surface area contributed by atoms with E-state index in [0.717, 1.165) is 28.3 Å². The zero-order valence-corrected chi connectivity index (χ0v) is 15.5. The lowest BCUT2D eigenvalue weighted by Gasteiger charge is -2.13. The predicted octanol–water partition coefficient (Wildman–Crippen LogP) is 3.90. The van der Waals surface area contributed by atoms with Crippen LogP contribution in [0.3, 0.4) is 0 Å². The minimum absolute atomic E-state index is 0.233. The molecule has 28 heavy (non-hydrogen) atoms. The average molecular weight is 373 g/mol. The number of carbonyl (C=O) groups is 1. The minimum Gasteiger partial charge on any atom is -0.478 e. The van der Waals surface area contributed by atoms with Gasteiger partial charge in [0, 0.05) is 31.0 Å². The number of pyridine rings is 1. The highest BCUT2D eigenvalue weighted by Gasteiger charge is 2.10. The summed E-state index contributed by atoms with van der Waals surface area (Å²) >= 11 is 0. The maximum Gasteiger partial charge on any atom is 0.335 e. The molecule has 0 atom stereocenters. The highest BCUT2D eigenvalue weighted by Crippen LogP contribution is 2.25. The summed E-state index contributed by atoms with van der Waals surface area (Å²) in [5, 5.41) is 16.7. The SMILES string of the molecule is CN(C)c1cccc(-c2cccc3nc(Nc4ccc(C(=O)O)cc4)nn23)c1. The van der Waals surface area contributed by atoms with E-state index in [-0.39, 0.29) is 5.56 Å². The van der Waals surface area contributed by atoms with Crippen molar-refractivity contribution in [1.82, 2.24) is 14.6 Å². The summed E-state index contributed by atoms with van der Waals surface area (Å²) in [6.45, 7) is 0. The fourth-order valence-corrected chi connectivity index (χ4v) is 2.95. The summed E-state index contributed by atoms with van der Waals surface area (Å²) < 4.78 is 1.79. The van der Waals surface area contributed by atoms with E-state index in [2.05, 4.69) is 32.4 Å². The summed E-state index contributed by atoms with van der Waals surface area (Å²) in [6.07, 6.45) is 0. The smallest absolute Gasteiger partial charge is 0.335 e. The van der Waals surface area contributed by atoms with E-state index < -0.39 is 5.97 Å². The maximum atomic E-state index is 11.0. The molecule has 0 radical (unpaired) electrons. The molecule has 0 bridgehead atoms. The second-order valence-electron chi connectivity index (χ2n) is 6.57. The van der Waals surface area contributed by atoms with Gasteiger partial charge in [0.1, 0.15) is 0 Å². The number of aromatic carboxylic acids is 1. The Morgan fingerprint density at radius 1 is 1.04 bits per heavy atom. The monoisotopic (exact) mass is 373 g/mol. The Hall–Kier alpha value is -3.87. The maximum absolute atomic E-state index is 11.0. The molecule has 0 saturated carbocycles. The van der Waals surface area contributed by atoms with Gasteiger partial charge in [0.15, 0.2) is 5.65 Å². The Labute approximate surface area is 161 Å². The quantitative estimate of drug-likeness (QED) is 0.552. The first-order chi connectivity index (χ1) is 13.5. The number of fused-ring (bicyclic) bond motifs is 1. The first-order valence-electron chi connectivity index (χ1n) is 8.75. The van der Waals surface area contributed by atoms with Gasteiger partial charge in [-0.25, -0.2) is 9.31 Å². The molecule has 7 nitrogen and oxygen atoms in total. The molecule has 0 aliphatic heterocycles. The Kier molecular flexibility index (Phi) is 4.41. The van der Waals surface area contributed by atoms with Crippen molar-refractivity contribution in [1.29, 1.82) is 0 Å². The first-order valence-corrected chi connectivity index (χ1v) is 8.75. The zero-order chi connectivity index (χ0) is 19.7. The van der Waals surface area contributed by atoms with Crippen molar-refractivity contribution in [2.24, 2.45) is 0 Å². The van der Waals surface area contributed by atoms with Gasteiger partial charge in [-0.2, -0.15) is 4.98 Å². The largest absolute Gasteiger partial charge is 0.478 e. The van der Waals surface area contributed by atoms with E-state index >= 15 is 0 Å². The van der Waals surface area contributed by atoms with Crippen LogP contribution in [0.4, 0.5) is 17.3 Å². The highest BCUT2D eigenvalue weighted by molar-refractivity contribution is 5.88. The molecule has 2 aromatic heterocycles. The van der Waals surface area contributed by atoms with Crippen LogP contribution < -0.4 is 10.2 Å². The number of nitrogens with one attached hydrogen (secondary N) is 1. The molecule has 7 heteroatoms. The van der Waals surface area contributed by atoms with Gasteiger partial charge in [0.05, 0.1) is 11.3 Å². The molecule has 2 N–H and O–H groups in total. The molecule has 0 amide bonds. The van der Waals surface area contributed by atoms with Crippen molar-refractivity contribution >= 4 is 28.9 Å². The summed E-state index contributed by atoms with van der Waals surface area (Å²) in [4.78, 5) is 17.6. The fraction of sp³-hybridized carbons (Fsp3) is 0.0952. The van der Waals surface area contributed by atoms with Gasteiger partial charge in [-0.05, 0) is 48.5 Å². The molecule has 140 valence electrons. The van der Waals surface area contributed by atoms with Crippen LogP contribution in [0.1, 0.15) is 10.4 Å². The summed E-state index contributed by atoms with van der Waals surface area (Å²) in [6, 6.07) is 20.5. The van der Waals surface area contributed by atoms with Crippen molar-refractivity contribution in [3.63, 3.8) is 0 Å². The second-order valence-corrected chi connectivity index (χ2v) is 6.57. The lowest BCUT2D eigenvalue weighted by atomic mass is 10.1. The number of nitrogens with zero attached hydrogens (tertiary/aromatic N) is 4. The third-order valence-corrected chi connectivity index (χ3v) is 4.41. The number of anilines is 3. The van der Waals surface area contributed by atoms with Gasteiger partial charge in [0.25, 0.3) is 0 Å². The van der Waals surface area contributed by atoms with Crippen molar-refractivity contribution < 1.29 is 9.90 Å². The molecule has 4 aromatic rings. The molecule has 0 aliphatic carbocycles. The third-order valence-electron chi connectivity index (χ3n) is 4.41. The highest BCUT2D eigenvalue weighted by atomic mass is 16.4. The number of hydrogen-bond donors (Lipinski definition) is 2.